The molecule has 0 aliphatic carbocycles. The van der Waals surface area contributed by atoms with Crippen LogP contribution in [0.5, 0.6) is 5.75 Å². The molecule has 0 N–H and O–H groups in total. The van der Waals surface area contributed by atoms with E-state index in [1.807, 2.05) is 0 Å². The van der Waals surface area contributed by atoms with E-state index in [-0.39, 0.29) is 12.9 Å². The van der Waals surface area contributed by atoms with E-state index in [1.54, 1.807) is 67.8 Å². The number of hydrogen-bond acceptors (Lipinski definition) is 6. The van der Waals surface area contributed by atoms with Crippen LogP contribution in [0.4, 0.5) is 22.0 Å². The second-order valence-electron chi connectivity index (χ2n) is 5.20. The van der Waals surface area contributed by atoms with Gasteiger partial charge in [-0.2, -0.15) is 0 Å². The minimum absolute atomic E-state index is 0.0293. The minimum atomic E-state index is -4.82. The first kappa shape index (κ1) is 25.7. The van der Waals surface area contributed by atoms with E-state index in [2.05, 4.69) is 4.74 Å². The quantitative estimate of drug-likeness (QED) is 0.0824. The summed E-state index contributed by atoms with van der Waals surface area (Å²) in [7, 11) is -4.82. The minimum Gasteiger partial charge on any atom is -0.744 e. The average Bonchev–Trinajstić information content (AvgIpc) is 2.62. The monoisotopic (exact) mass is 789 g/mol. The second-order valence-corrected chi connectivity index (χ2v) is 9.92. The maximum absolute atomic E-state index is 13.6. The smallest absolute Gasteiger partial charge is 0.344 e. The van der Waals surface area contributed by atoms with Gasteiger partial charge in [0.1, 0.15) is 34.6 Å². The largest absolute Gasteiger partial charge is 0.744 e. The number of ether oxygens (including phenoxy) is 2. The van der Waals surface area contributed by atoms with Crippen LogP contribution in [-0.4, -0.2) is 32.2 Å². The van der Waals surface area contributed by atoms with Crippen LogP contribution in [0, 0.1) is 39.8 Å². The molecule has 0 saturated carbocycles. The molecule has 0 amide bonds. The van der Waals surface area contributed by atoms with Gasteiger partial charge in [-0.25, -0.2) is 35.2 Å². The molecule has 0 heterocycles. The van der Waals surface area contributed by atoms with Gasteiger partial charge in [0.25, 0.3) is 0 Å². The van der Waals surface area contributed by atoms with Gasteiger partial charge in [0.2, 0.25) is 5.82 Å². The first-order valence-electron chi connectivity index (χ1n) is 7.23. The molecule has 2 rings (SSSR count). The Labute approximate surface area is 206 Å². The topological polar surface area (TPSA) is 92.7 Å². The molecule has 15 heteroatoms. The van der Waals surface area contributed by atoms with Gasteiger partial charge in [-0.05, 0) is 73.8 Å². The Balaban J connectivity index is 2.16. The molecule has 0 saturated heterocycles. The Bertz CT molecular complexity index is 1110. The molecule has 0 bridgehead atoms. The highest BCUT2D eigenvalue weighted by atomic mass is 127. The summed E-state index contributed by atoms with van der Waals surface area (Å²) < 4.78 is 111. The third kappa shape index (κ3) is 5.26. The van der Waals surface area contributed by atoms with E-state index < -0.39 is 68.8 Å². The molecule has 6 nitrogen and oxygen atoms in total. The molecule has 0 aromatic heterocycles. The number of halogens is 8. The summed E-state index contributed by atoms with van der Waals surface area (Å²) in [6.07, 6.45) is 0. The first-order chi connectivity index (χ1) is 13.8. The second kappa shape index (κ2) is 9.94. The fourth-order valence-electron chi connectivity index (χ4n) is 2.05. The van der Waals surface area contributed by atoms with E-state index in [9.17, 15) is 39.7 Å². The van der Waals surface area contributed by atoms with Gasteiger partial charge in [0.05, 0.1) is 12.0 Å². The van der Waals surface area contributed by atoms with E-state index in [0.29, 0.717) is 3.57 Å². The lowest BCUT2D eigenvalue weighted by Gasteiger charge is -2.17. The highest BCUT2D eigenvalue weighted by Gasteiger charge is 2.30. The van der Waals surface area contributed by atoms with Gasteiger partial charge >= 0.3 is 5.97 Å². The maximum Gasteiger partial charge on any atom is 0.344 e. The van der Waals surface area contributed by atoms with Gasteiger partial charge in [-0.15, -0.1) is 0 Å². The molecule has 0 atom stereocenters. The molecule has 0 aliphatic rings. The van der Waals surface area contributed by atoms with Gasteiger partial charge in [-0.3, -0.25) is 0 Å². The predicted molar refractivity (Wildman–Crippen MR) is 115 cm³/mol. The molecule has 30 heavy (non-hydrogen) atoms. The normalized spacial score (nSPS) is 11.5. The Morgan fingerprint density at radius 3 is 1.90 bits per heavy atom. The molecule has 0 radical (unpaired) electrons. The Morgan fingerprint density at radius 2 is 1.40 bits per heavy atom. The van der Waals surface area contributed by atoms with Gasteiger partial charge < -0.3 is 14.0 Å². The van der Waals surface area contributed by atoms with Crippen molar-refractivity contribution in [2.24, 2.45) is 0 Å². The van der Waals surface area contributed by atoms with Crippen molar-refractivity contribution < 1.29 is 49.2 Å². The number of benzene rings is 2. The van der Waals surface area contributed by atoms with Crippen LogP contribution in [0.2, 0.25) is 0 Å². The predicted octanol–water partition coefficient (Wildman–Crippen LogP) is 4.34. The fraction of sp³-hybridized carbons (Fsp3) is 0.133. The Morgan fingerprint density at radius 1 is 0.900 bits per heavy atom. The van der Waals surface area contributed by atoms with Crippen LogP contribution in [-0.2, 0) is 14.9 Å². The zero-order chi connectivity index (χ0) is 23.0. The summed E-state index contributed by atoms with van der Waals surface area (Å²) in [6.45, 7) is -1.16. The lowest BCUT2D eigenvalue weighted by atomic mass is 10.1. The SMILES string of the molecule is O=C(OCCOc1c(I)cc(I)c(S(=O)(=O)[O-])c1I)c1c(F)c(F)c(F)c(F)c1F. The van der Waals surface area contributed by atoms with Crippen molar-refractivity contribution in [1.82, 2.24) is 0 Å². The summed E-state index contributed by atoms with van der Waals surface area (Å²) in [5.41, 5.74) is -1.76. The maximum atomic E-state index is 13.6. The highest BCUT2D eigenvalue weighted by Crippen LogP contribution is 2.36. The van der Waals surface area contributed by atoms with Crippen molar-refractivity contribution in [2.45, 2.75) is 4.90 Å². The summed E-state index contributed by atoms with van der Waals surface area (Å²) >= 11 is 5.02. The van der Waals surface area contributed by atoms with Crippen molar-refractivity contribution in [3.05, 3.63) is 51.4 Å². The number of esters is 1. The molecule has 2 aromatic carbocycles. The van der Waals surface area contributed by atoms with Crippen molar-refractivity contribution in [1.29, 1.82) is 0 Å². The third-order valence-corrected chi connectivity index (χ3v) is 7.65. The first-order valence-corrected chi connectivity index (χ1v) is 11.9. The van der Waals surface area contributed by atoms with Crippen molar-refractivity contribution >= 4 is 83.9 Å². The van der Waals surface area contributed by atoms with Gasteiger partial charge in [0.15, 0.2) is 23.3 Å². The van der Waals surface area contributed by atoms with Crippen LogP contribution in [0.25, 0.3) is 0 Å². The molecular formula is C15H5F5I3O6S-. The zero-order valence-corrected chi connectivity index (χ0v) is 21.2. The third-order valence-electron chi connectivity index (χ3n) is 3.31. The van der Waals surface area contributed by atoms with Crippen LogP contribution >= 0.6 is 67.8 Å². The van der Waals surface area contributed by atoms with Crippen LogP contribution in [0.1, 0.15) is 10.4 Å². The van der Waals surface area contributed by atoms with Gasteiger partial charge in [-0.1, -0.05) is 0 Å². The van der Waals surface area contributed by atoms with Gasteiger partial charge in [0, 0.05) is 3.57 Å². The molecule has 2 aromatic rings. The summed E-state index contributed by atoms with van der Waals surface area (Å²) in [5, 5.41) is 0. The number of carbonyl (C=O) groups is 1. The van der Waals surface area contributed by atoms with Crippen molar-refractivity contribution in [3.63, 3.8) is 0 Å². The van der Waals surface area contributed by atoms with Crippen molar-refractivity contribution in [2.75, 3.05) is 13.2 Å². The van der Waals surface area contributed by atoms with Crippen molar-refractivity contribution in [3.8, 4) is 5.75 Å². The molecular weight excluding hydrogens is 784 g/mol. The van der Waals surface area contributed by atoms with E-state index in [4.69, 9.17) is 4.74 Å². The van der Waals surface area contributed by atoms with E-state index in [1.165, 1.54) is 6.07 Å². The van der Waals surface area contributed by atoms with E-state index >= 15 is 0 Å². The lowest BCUT2D eigenvalue weighted by Crippen LogP contribution is -2.18. The molecule has 0 aliphatic heterocycles. The van der Waals surface area contributed by atoms with Crippen LogP contribution in [0.3, 0.4) is 0 Å². The Hall–Kier alpha value is -0.540. The standard InChI is InChI=1S/C15H6F5I3O6S/c16-7-6(8(17)10(19)11(20)9(7)18)15(24)29-2-1-28-13-4(21)3-5(22)14(12(13)23)30(25,26)27/h3H,1-2H2,(H,25,26,27)/p-1. The molecule has 0 unspecified atom stereocenters. The average molecular weight is 789 g/mol. The summed E-state index contributed by atoms with van der Waals surface area (Å²) in [6, 6.07) is 1.35. The van der Waals surface area contributed by atoms with Crippen LogP contribution < -0.4 is 4.74 Å². The Kier molecular flexibility index (Phi) is 8.52. The number of hydrogen-bond donors (Lipinski definition) is 0. The zero-order valence-electron chi connectivity index (χ0n) is 13.9. The lowest BCUT2D eigenvalue weighted by molar-refractivity contribution is 0.0435. The summed E-state index contributed by atoms with van der Waals surface area (Å²) in [5.74, 6) is -13.6. The molecule has 164 valence electrons. The number of rotatable bonds is 6. The van der Waals surface area contributed by atoms with Crippen LogP contribution in [0.15, 0.2) is 11.0 Å². The number of carbonyl (C=O) groups excluding carboxylic acids is 1. The fourth-order valence-corrected chi connectivity index (χ4v) is 7.96. The molecule has 0 spiro atoms. The summed E-state index contributed by atoms with van der Waals surface area (Å²) in [4.78, 5) is 11.2. The highest BCUT2D eigenvalue weighted by molar-refractivity contribution is 14.1. The molecule has 0 fully saturated rings. The van der Waals surface area contributed by atoms with E-state index in [0.717, 1.165) is 0 Å².